The maximum absolute atomic E-state index is 8.79. The zero-order valence-corrected chi connectivity index (χ0v) is 11.7. The number of benzene rings is 1. The van der Waals surface area contributed by atoms with Crippen molar-refractivity contribution in [2.24, 2.45) is 0 Å². The molecule has 1 heterocycles. The molecule has 2 rings (SSSR count). The van der Waals surface area contributed by atoms with Gasteiger partial charge in [0, 0.05) is 36.3 Å². The third-order valence-electron chi connectivity index (χ3n) is 2.95. The fraction of sp³-hybridized carbons (Fsp3) is 0.462. The Morgan fingerprint density at radius 3 is 2.83 bits per heavy atom. The number of anilines is 1. The van der Waals surface area contributed by atoms with E-state index >= 15 is 0 Å². The largest absolute Gasteiger partial charge is 0.383 e. The Morgan fingerprint density at radius 2 is 2.17 bits per heavy atom. The molecule has 1 saturated heterocycles. The molecule has 0 bridgehead atoms. The highest BCUT2D eigenvalue weighted by molar-refractivity contribution is 9.10. The predicted octanol–water partition coefficient (Wildman–Crippen LogP) is 2.06. The molecule has 0 aromatic heterocycles. The Bertz CT molecular complexity index is 438. The minimum absolute atomic E-state index is 0.667. The summed E-state index contributed by atoms with van der Waals surface area (Å²) in [4.78, 5) is 2.38. The quantitative estimate of drug-likeness (QED) is 0.925. The van der Waals surface area contributed by atoms with Crippen molar-refractivity contribution in [1.29, 1.82) is 5.26 Å². The van der Waals surface area contributed by atoms with E-state index in [1.54, 1.807) is 0 Å². The van der Waals surface area contributed by atoms with Crippen LogP contribution in [-0.4, -0.2) is 44.3 Å². The maximum Gasteiger partial charge on any atom is 0.0992 e. The lowest BCUT2D eigenvalue weighted by Crippen LogP contribution is -2.39. The minimum atomic E-state index is 0.667. The first kappa shape index (κ1) is 13.3. The van der Waals surface area contributed by atoms with Gasteiger partial charge in [0.15, 0.2) is 0 Å². The number of nitrogens with zero attached hydrogens (tertiary/aromatic N) is 2. The van der Waals surface area contributed by atoms with Crippen LogP contribution >= 0.6 is 15.9 Å². The van der Waals surface area contributed by atoms with Crippen molar-refractivity contribution in [1.82, 2.24) is 4.90 Å². The molecule has 1 aliphatic rings. The van der Waals surface area contributed by atoms with Crippen LogP contribution in [0.2, 0.25) is 0 Å². The molecule has 18 heavy (non-hydrogen) atoms. The Kier molecular flexibility index (Phi) is 5.00. The fourth-order valence-electron chi connectivity index (χ4n) is 1.90. The molecule has 0 aliphatic carbocycles. The Labute approximate surface area is 116 Å². The van der Waals surface area contributed by atoms with Crippen molar-refractivity contribution < 1.29 is 4.74 Å². The van der Waals surface area contributed by atoms with E-state index in [1.807, 2.05) is 18.2 Å². The SMILES string of the molecule is N#Cc1ccc(NCCN2CCOCC2)c(Br)c1. The van der Waals surface area contributed by atoms with Crippen LogP contribution in [0.5, 0.6) is 0 Å². The zero-order chi connectivity index (χ0) is 12.8. The molecule has 0 atom stereocenters. The summed E-state index contributed by atoms with van der Waals surface area (Å²) in [6.45, 7) is 5.59. The summed E-state index contributed by atoms with van der Waals surface area (Å²) in [5.41, 5.74) is 1.70. The second-order valence-corrected chi connectivity index (χ2v) is 5.04. The lowest BCUT2D eigenvalue weighted by molar-refractivity contribution is 0.0398. The summed E-state index contributed by atoms with van der Waals surface area (Å²) < 4.78 is 6.24. The van der Waals surface area contributed by atoms with Gasteiger partial charge in [0.25, 0.3) is 0 Å². The van der Waals surface area contributed by atoms with Crippen LogP contribution in [0.15, 0.2) is 22.7 Å². The number of halogens is 1. The number of rotatable bonds is 4. The number of morpholine rings is 1. The number of hydrogen-bond acceptors (Lipinski definition) is 4. The van der Waals surface area contributed by atoms with Crippen molar-refractivity contribution in [2.45, 2.75) is 0 Å². The van der Waals surface area contributed by atoms with Crippen LogP contribution in [0.4, 0.5) is 5.69 Å². The lowest BCUT2D eigenvalue weighted by atomic mass is 10.2. The van der Waals surface area contributed by atoms with E-state index in [4.69, 9.17) is 10.00 Å². The van der Waals surface area contributed by atoms with Crippen LogP contribution in [0.25, 0.3) is 0 Å². The van der Waals surface area contributed by atoms with Crippen LogP contribution in [-0.2, 0) is 4.74 Å². The van der Waals surface area contributed by atoms with Crippen LogP contribution in [0, 0.1) is 11.3 Å². The maximum atomic E-state index is 8.79. The van der Waals surface area contributed by atoms with Gasteiger partial charge in [-0.05, 0) is 34.1 Å². The van der Waals surface area contributed by atoms with E-state index in [1.165, 1.54) is 0 Å². The average Bonchev–Trinajstić information content (AvgIpc) is 2.42. The third kappa shape index (κ3) is 3.70. The van der Waals surface area contributed by atoms with Gasteiger partial charge in [-0.3, -0.25) is 4.90 Å². The smallest absolute Gasteiger partial charge is 0.0992 e. The topological polar surface area (TPSA) is 48.3 Å². The molecule has 0 spiro atoms. The molecule has 0 radical (unpaired) electrons. The van der Waals surface area contributed by atoms with Crippen LogP contribution in [0.3, 0.4) is 0 Å². The molecule has 4 nitrogen and oxygen atoms in total. The van der Waals surface area contributed by atoms with Gasteiger partial charge in [-0.1, -0.05) is 0 Å². The van der Waals surface area contributed by atoms with Crippen LogP contribution in [0.1, 0.15) is 5.56 Å². The van der Waals surface area contributed by atoms with Gasteiger partial charge in [0.2, 0.25) is 0 Å². The summed E-state index contributed by atoms with van der Waals surface area (Å²) >= 11 is 3.47. The molecule has 1 aromatic rings. The second kappa shape index (κ2) is 6.74. The van der Waals surface area contributed by atoms with Crippen molar-refractivity contribution in [3.8, 4) is 6.07 Å². The average molecular weight is 310 g/mol. The summed E-state index contributed by atoms with van der Waals surface area (Å²) in [6, 6.07) is 7.71. The van der Waals surface area contributed by atoms with Crippen molar-refractivity contribution in [3.63, 3.8) is 0 Å². The van der Waals surface area contributed by atoms with E-state index in [0.29, 0.717) is 5.56 Å². The molecule has 0 amide bonds. The molecular formula is C13H16BrN3O. The molecule has 1 N–H and O–H groups in total. The number of ether oxygens (including phenoxy) is 1. The van der Waals surface area contributed by atoms with Gasteiger partial charge < -0.3 is 10.1 Å². The number of nitriles is 1. The van der Waals surface area contributed by atoms with Gasteiger partial charge in [-0.2, -0.15) is 5.26 Å². The van der Waals surface area contributed by atoms with Gasteiger partial charge in [0.05, 0.1) is 24.8 Å². The molecule has 0 unspecified atom stereocenters. The lowest BCUT2D eigenvalue weighted by Gasteiger charge is -2.26. The Balaban J connectivity index is 1.81. The first-order valence-electron chi connectivity index (χ1n) is 6.03. The molecule has 1 aromatic carbocycles. The Morgan fingerprint density at radius 1 is 1.39 bits per heavy atom. The molecule has 5 heteroatoms. The van der Waals surface area contributed by atoms with E-state index in [0.717, 1.165) is 49.6 Å². The van der Waals surface area contributed by atoms with Gasteiger partial charge >= 0.3 is 0 Å². The van der Waals surface area contributed by atoms with E-state index < -0.39 is 0 Å². The van der Waals surface area contributed by atoms with Gasteiger partial charge in [0.1, 0.15) is 0 Å². The van der Waals surface area contributed by atoms with Crippen molar-refractivity contribution in [3.05, 3.63) is 28.2 Å². The molecule has 1 fully saturated rings. The highest BCUT2D eigenvalue weighted by Crippen LogP contribution is 2.23. The first-order valence-corrected chi connectivity index (χ1v) is 6.82. The number of hydrogen-bond donors (Lipinski definition) is 1. The molecule has 96 valence electrons. The first-order chi connectivity index (χ1) is 8.79. The highest BCUT2D eigenvalue weighted by atomic mass is 79.9. The highest BCUT2D eigenvalue weighted by Gasteiger charge is 2.09. The van der Waals surface area contributed by atoms with Gasteiger partial charge in [-0.15, -0.1) is 0 Å². The zero-order valence-electron chi connectivity index (χ0n) is 10.2. The van der Waals surface area contributed by atoms with E-state index in [2.05, 4.69) is 32.2 Å². The molecular weight excluding hydrogens is 294 g/mol. The van der Waals surface area contributed by atoms with Gasteiger partial charge in [-0.25, -0.2) is 0 Å². The summed E-state index contributed by atoms with van der Waals surface area (Å²) in [5, 5.41) is 12.2. The normalized spacial score (nSPS) is 16.2. The van der Waals surface area contributed by atoms with E-state index in [9.17, 15) is 0 Å². The fourth-order valence-corrected chi connectivity index (χ4v) is 2.42. The summed E-state index contributed by atoms with van der Waals surface area (Å²) in [7, 11) is 0. The standard InChI is InChI=1S/C13H16BrN3O/c14-12-9-11(10-15)1-2-13(12)16-3-4-17-5-7-18-8-6-17/h1-2,9,16H,3-8H2. The summed E-state index contributed by atoms with van der Waals surface area (Å²) in [5.74, 6) is 0. The third-order valence-corrected chi connectivity index (χ3v) is 3.60. The van der Waals surface area contributed by atoms with Crippen molar-refractivity contribution in [2.75, 3.05) is 44.7 Å². The molecule has 1 aliphatic heterocycles. The molecule has 0 saturated carbocycles. The van der Waals surface area contributed by atoms with E-state index in [-0.39, 0.29) is 0 Å². The second-order valence-electron chi connectivity index (χ2n) is 4.19. The predicted molar refractivity (Wildman–Crippen MR) is 74.6 cm³/mol. The number of nitrogens with one attached hydrogen (secondary N) is 1. The monoisotopic (exact) mass is 309 g/mol. The summed E-state index contributed by atoms with van der Waals surface area (Å²) in [6.07, 6.45) is 0. The Hall–Kier alpha value is -1.09. The minimum Gasteiger partial charge on any atom is -0.383 e. The van der Waals surface area contributed by atoms with Crippen LogP contribution < -0.4 is 5.32 Å². The van der Waals surface area contributed by atoms with Crippen molar-refractivity contribution >= 4 is 21.6 Å².